The quantitative estimate of drug-likeness (QED) is 0.821. The summed E-state index contributed by atoms with van der Waals surface area (Å²) >= 11 is 0. The number of hydrogen-bond acceptors (Lipinski definition) is 2. The summed E-state index contributed by atoms with van der Waals surface area (Å²) in [6.45, 7) is 5.20. The molecule has 18 heavy (non-hydrogen) atoms. The van der Waals surface area contributed by atoms with Crippen LogP contribution in [0.15, 0.2) is 0 Å². The molecule has 0 radical (unpaired) electrons. The number of hydrogen-bond donors (Lipinski definition) is 1. The third kappa shape index (κ3) is 2.87. The monoisotopic (exact) mass is 252 g/mol. The molecule has 0 spiro atoms. The third-order valence-corrected chi connectivity index (χ3v) is 4.98. The topological polar surface area (TPSA) is 46.3 Å². The summed E-state index contributed by atoms with van der Waals surface area (Å²) in [7, 11) is 0. The summed E-state index contributed by atoms with van der Waals surface area (Å²) < 4.78 is 0. The van der Waals surface area contributed by atoms with Gasteiger partial charge >= 0.3 is 0 Å². The van der Waals surface area contributed by atoms with E-state index in [1.165, 1.54) is 19.3 Å². The second-order valence-electron chi connectivity index (χ2n) is 6.33. The van der Waals surface area contributed by atoms with Gasteiger partial charge in [0.05, 0.1) is 0 Å². The van der Waals surface area contributed by atoms with Gasteiger partial charge in [-0.2, -0.15) is 0 Å². The van der Waals surface area contributed by atoms with Crippen LogP contribution in [-0.2, 0) is 4.79 Å². The maximum absolute atomic E-state index is 12.7. The van der Waals surface area contributed by atoms with E-state index in [1.807, 2.05) is 0 Å². The van der Waals surface area contributed by atoms with Gasteiger partial charge in [0.25, 0.3) is 0 Å². The zero-order chi connectivity index (χ0) is 13.1. The van der Waals surface area contributed by atoms with Crippen molar-refractivity contribution in [1.82, 2.24) is 4.90 Å². The molecule has 0 aromatic rings. The molecule has 3 heteroatoms. The number of amides is 1. The van der Waals surface area contributed by atoms with Crippen LogP contribution in [0, 0.1) is 11.8 Å². The number of nitrogens with two attached hydrogens (primary N) is 1. The van der Waals surface area contributed by atoms with E-state index in [9.17, 15) is 4.79 Å². The SMILES string of the molecule is C[C@@H]1CCC[C@H](C)N1C(=O)C1CCC(CN)CC1. The van der Waals surface area contributed by atoms with Crippen LogP contribution in [0.2, 0.25) is 0 Å². The maximum Gasteiger partial charge on any atom is 0.226 e. The predicted octanol–water partition coefficient (Wildman–Crippen LogP) is 2.54. The molecule has 2 rings (SSSR count). The molecule has 2 fully saturated rings. The first-order valence-electron chi connectivity index (χ1n) is 7.65. The van der Waals surface area contributed by atoms with Crippen molar-refractivity contribution in [1.29, 1.82) is 0 Å². The number of rotatable bonds is 2. The molecule has 104 valence electrons. The van der Waals surface area contributed by atoms with Gasteiger partial charge in [-0.05, 0) is 71.3 Å². The lowest BCUT2D eigenvalue weighted by Crippen LogP contribution is -2.50. The Morgan fingerprint density at radius 2 is 1.61 bits per heavy atom. The van der Waals surface area contributed by atoms with Gasteiger partial charge in [-0.15, -0.1) is 0 Å². The largest absolute Gasteiger partial charge is 0.337 e. The highest BCUT2D eigenvalue weighted by Gasteiger charge is 2.34. The zero-order valence-electron chi connectivity index (χ0n) is 11.9. The molecule has 1 aliphatic carbocycles. The van der Waals surface area contributed by atoms with Gasteiger partial charge in [0.15, 0.2) is 0 Å². The first-order valence-corrected chi connectivity index (χ1v) is 7.65. The highest BCUT2D eigenvalue weighted by Crippen LogP contribution is 2.32. The fourth-order valence-corrected chi connectivity index (χ4v) is 3.71. The van der Waals surface area contributed by atoms with Crippen molar-refractivity contribution in [2.75, 3.05) is 6.54 Å². The second-order valence-corrected chi connectivity index (χ2v) is 6.33. The molecule has 2 atom stereocenters. The molecule has 2 N–H and O–H groups in total. The van der Waals surface area contributed by atoms with Crippen LogP contribution in [0.4, 0.5) is 0 Å². The van der Waals surface area contributed by atoms with E-state index in [2.05, 4.69) is 18.7 Å². The van der Waals surface area contributed by atoms with E-state index in [-0.39, 0.29) is 5.92 Å². The van der Waals surface area contributed by atoms with Crippen LogP contribution in [0.3, 0.4) is 0 Å². The van der Waals surface area contributed by atoms with E-state index in [1.54, 1.807) is 0 Å². The average Bonchev–Trinajstić information content (AvgIpc) is 2.38. The number of likely N-dealkylation sites (tertiary alicyclic amines) is 1. The van der Waals surface area contributed by atoms with Crippen LogP contribution >= 0.6 is 0 Å². The molecule has 2 aliphatic rings. The molecule has 0 bridgehead atoms. The fourth-order valence-electron chi connectivity index (χ4n) is 3.71. The van der Waals surface area contributed by atoms with Crippen LogP contribution in [-0.4, -0.2) is 29.4 Å². The average molecular weight is 252 g/mol. The van der Waals surface area contributed by atoms with Crippen LogP contribution in [0.25, 0.3) is 0 Å². The molecular weight excluding hydrogens is 224 g/mol. The molecule has 3 nitrogen and oxygen atoms in total. The molecule has 0 aromatic heterocycles. The molecule has 1 saturated heterocycles. The van der Waals surface area contributed by atoms with Gasteiger partial charge in [0.2, 0.25) is 5.91 Å². The van der Waals surface area contributed by atoms with Gasteiger partial charge in [-0.1, -0.05) is 0 Å². The standard InChI is InChI=1S/C15H28N2O/c1-11-4-3-5-12(2)17(11)15(18)14-8-6-13(10-16)7-9-14/h11-14H,3-10,16H2,1-2H3/t11-,12+,13?,14?. The first kappa shape index (κ1) is 13.9. The van der Waals surface area contributed by atoms with E-state index < -0.39 is 0 Å². The lowest BCUT2D eigenvalue weighted by atomic mass is 9.80. The molecule has 1 heterocycles. The number of carbonyl (C=O) groups excluding carboxylic acids is 1. The van der Waals surface area contributed by atoms with Crippen LogP contribution in [0.5, 0.6) is 0 Å². The Labute approximate surface area is 111 Å². The lowest BCUT2D eigenvalue weighted by Gasteiger charge is -2.42. The molecule has 0 aromatic carbocycles. The zero-order valence-corrected chi connectivity index (χ0v) is 11.9. The molecule has 1 aliphatic heterocycles. The van der Waals surface area contributed by atoms with Crippen molar-refractivity contribution < 1.29 is 4.79 Å². The minimum atomic E-state index is 0.274. The van der Waals surface area contributed by atoms with Crippen molar-refractivity contribution in [3.05, 3.63) is 0 Å². The maximum atomic E-state index is 12.7. The number of piperidine rings is 1. The van der Waals surface area contributed by atoms with Crippen molar-refractivity contribution in [3.8, 4) is 0 Å². The molecular formula is C15H28N2O. The second kappa shape index (κ2) is 6.05. The van der Waals surface area contributed by atoms with E-state index in [0.717, 1.165) is 32.2 Å². The van der Waals surface area contributed by atoms with Gasteiger partial charge in [0.1, 0.15) is 0 Å². The van der Waals surface area contributed by atoms with Crippen molar-refractivity contribution >= 4 is 5.91 Å². The highest BCUT2D eigenvalue weighted by molar-refractivity contribution is 5.79. The Balaban J connectivity index is 1.94. The number of carbonyl (C=O) groups is 1. The van der Waals surface area contributed by atoms with Gasteiger partial charge in [-0.25, -0.2) is 0 Å². The molecule has 0 unspecified atom stereocenters. The van der Waals surface area contributed by atoms with Gasteiger partial charge < -0.3 is 10.6 Å². The summed E-state index contributed by atoms with van der Waals surface area (Å²) in [6.07, 6.45) is 8.01. The van der Waals surface area contributed by atoms with Gasteiger partial charge in [0, 0.05) is 18.0 Å². The predicted molar refractivity (Wildman–Crippen MR) is 74.1 cm³/mol. The lowest BCUT2D eigenvalue weighted by molar-refractivity contribution is -0.143. The van der Waals surface area contributed by atoms with E-state index in [4.69, 9.17) is 5.73 Å². The number of nitrogens with zero attached hydrogens (tertiary/aromatic N) is 1. The highest BCUT2D eigenvalue weighted by atomic mass is 16.2. The summed E-state index contributed by atoms with van der Waals surface area (Å²) in [5.74, 6) is 1.35. The minimum Gasteiger partial charge on any atom is -0.337 e. The first-order chi connectivity index (χ1) is 8.63. The van der Waals surface area contributed by atoms with E-state index >= 15 is 0 Å². The Morgan fingerprint density at radius 3 is 2.11 bits per heavy atom. The summed E-state index contributed by atoms with van der Waals surface area (Å²) in [5, 5.41) is 0. The Kier molecular flexibility index (Phi) is 4.66. The normalized spacial score (nSPS) is 37.6. The van der Waals surface area contributed by atoms with Crippen LogP contribution < -0.4 is 5.73 Å². The third-order valence-electron chi connectivity index (χ3n) is 4.98. The fraction of sp³-hybridized carbons (Fsp3) is 0.933. The Morgan fingerprint density at radius 1 is 1.06 bits per heavy atom. The summed E-state index contributed by atoms with van der Waals surface area (Å²) in [5.41, 5.74) is 5.72. The molecule has 1 saturated carbocycles. The summed E-state index contributed by atoms with van der Waals surface area (Å²) in [6, 6.07) is 0.877. The van der Waals surface area contributed by atoms with Crippen molar-refractivity contribution in [3.63, 3.8) is 0 Å². The van der Waals surface area contributed by atoms with Gasteiger partial charge in [-0.3, -0.25) is 4.79 Å². The van der Waals surface area contributed by atoms with Crippen molar-refractivity contribution in [2.45, 2.75) is 70.9 Å². The summed E-state index contributed by atoms with van der Waals surface area (Å²) in [4.78, 5) is 14.8. The minimum absolute atomic E-state index is 0.274. The molecule has 1 amide bonds. The van der Waals surface area contributed by atoms with E-state index in [0.29, 0.717) is 23.9 Å². The van der Waals surface area contributed by atoms with Crippen LogP contribution in [0.1, 0.15) is 58.8 Å². The Hall–Kier alpha value is -0.570. The smallest absolute Gasteiger partial charge is 0.226 e. The Bertz CT molecular complexity index is 274. The van der Waals surface area contributed by atoms with Crippen molar-refractivity contribution in [2.24, 2.45) is 17.6 Å².